The Labute approximate surface area is 143 Å². The second-order valence-corrected chi connectivity index (χ2v) is 6.08. The molecule has 2 aromatic rings. The monoisotopic (exact) mass is 371 g/mol. The van der Waals surface area contributed by atoms with E-state index in [1.165, 1.54) is 5.56 Å². The average molecular weight is 370 g/mol. The van der Waals surface area contributed by atoms with Crippen LogP contribution in [0.4, 0.5) is 5.69 Å². The van der Waals surface area contributed by atoms with Crippen LogP contribution in [0.5, 0.6) is 0 Å². The molecule has 0 aliphatic carbocycles. The molecule has 1 aromatic heterocycles. The summed E-state index contributed by atoms with van der Waals surface area (Å²) in [4.78, 5) is 20.5. The quantitative estimate of drug-likeness (QED) is 0.614. The molecule has 0 bridgehead atoms. The van der Waals surface area contributed by atoms with E-state index < -0.39 is 0 Å². The van der Waals surface area contributed by atoms with E-state index in [1.54, 1.807) is 17.3 Å². The Bertz CT molecular complexity index is 769. The SMILES string of the molecule is CCc1ccc(N2C(=O)C(=Cc3cccnc3)N(C)C2=[Se])cc1. The van der Waals surface area contributed by atoms with Gasteiger partial charge in [-0.05, 0) is 0 Å². The van der Waals surface area contributed by atoms with E-state index in [2.05, 4.69) is 39.6 Å². The van der Waals surface area contributed by atoms with Gasteiger partial charge in [0.05, 0.1) is 0 Å². The van der Waals surface area contributed by atoms with Gasteiger partial charge in [-0.1, -0.05) is 0 Å². The fourth-order valence-corrected chi connectivity index (χ4v) is 3.09. The Morgan fingerprint density at radius 2 is 1.96 bits per heavy atom. The zero-order chi connectivity index (χ0) is 16.4. The number of anilines is 1. The van der Waals surface area contributed by atoms with Crippen molar-refractivity contribution in [2.24, 2.45) is 0 Å². The second kappa shape index (κ2) is 6.49. The standard InChI is InChI=1S/C18H17N3OSe/c1-3-13-6-8-15(9-7-13)21-17(22)16(20(2)18(21)23)11-14-5-4-10-19-12-14/h4-12H,3H2,1-2H3. The molecule has 2 heterocycles. The number of hydrogen-bond acceptors (Lipinski definition) is 3. The van der Waals surface area contributed by atoms with Gasteiger partial charge in [0.25, 0.3) is 0 Å². The molecule has 23 heavy (non-hydrogen) atoms. The van der Waals surface area contributed by atoms with Crippen LogP contribution in [-0.2, 0) is 11.2 Å². The summed E-state index contributed by atoms with van der Waals surface area (Å²) in [5.41, 5.74) is 3.63. The Kier molecular flexibility index (Phi) is 4.42. The van der Waals surface area contributed by atoms with Crippen LogP contribution in [0.1, 0.15) is 18.1 Å². The summed E-state index contributed by atoms with van der Waals surface area (Å²) in [6, 6.07) is 11.9. The molecular formula is C18H17N3OSe. The predicted molar refractivity (Wildman–Crippen MR) is 94.0 cm³/mol. The number of hydrogen-bond donors (Lipinski definition) is 0. The van der Waals surface area contributed by atoms with Crippen LogP contribution in [0.25, 0.3) is 6.08 Å². The molecule has 5 heteroatoms. The van der Waals surface area contributed by atoms with Crippen LogP contribution in [0.15, 0.2) is 54.5 Å². The number of amides is 1. The number of carbonyl (C=O) groups is 1. The first kappa shape index (κ1) is 15.7. The number of aromatic nitrogens is 1. The zero-order valence-corrected chi connectivity index (χ0v) is 14.8. The van der Waals surface area contributed by atoms with E-state index in [4.69, 9.17) is 0 Å². The third-order valence-electron chi connectivity index (χ3n) is 3.85. The van der Waals surface area contributed by atoms with Gasteiger partial charge in [-0.25, -0.2) is 0 Å². The fraction of sp³-hybridized carbons (Fsp3) is 0.167. The summed E-state index contributed by atoms with van der Waals surface area (Å²) in [5.74, 6) is -0.0469. The summed E-state index contributed by atoms with van der Waals surface area (Å²) in [5, 5.41) is 0. The molecule has 1 fully saturated rings. The normalized spacial score (nSPS) is 16.5. The van der Waals surface area contributed by atoms with Crippen LogP contribution in [0.3, 0.4) is 0 Å². The molecule has 1 saturated heterocycles. The van der Waals surface area contributed by atoms with Crippen LogP contribution in [0, 0.1) is 0 Å². The first-order valence-electron chi connectivity index (χ1n) is 7.44. The number of aryl methyl sites for hydroxylation is 1. The van der Waals surface area contributed by atoms with Gasteiger partial charge in [0.15, 0.2) is 0 Å². The summed E-state index contributed by atoms with van der Waals surface area (Å²) in [7, 11) is 1.88. The number of nitrogens with zero attached hydrogens (tertiary/aromatic N) is 3. The van der Waals surface area contributed by atoms with Gasteiger partial charge < -0.3 is 0 Å². The van der Waals surface area contributed by atoms with Crippen molar-refractivity contribution in [1.29, 1.82) is 0 Å². The van der Waals surface area contributed by atoms with Gasteiger partial charge in [-0.3, -0.25) is 0 Å². The van der Waals surface area contributed by atoms with Crippen molar-refractivity contribution >= 4 is 37.9 Å². The first-order chi connectivity index (χ1) is 11.1. The molecule has 0 unspecified atom stereocenters. The third kappa shape index (κ3) is 2.98. The molecule has 116 valence electrons. The molecule has 0 saturated carbocycles. The Morgan fingerprint density at radius 3 is 2.57 bits per heavy atom. The van der Waals surface area contributed by atoms with Gasteiger partial charge in [-0.15, -0.1) is 0 Å². The molecule has 1 amide bonds. The molecule has 1 aliphatic heterocycles. The van der Waals surface area contributed by atoms with Crippen molar-refractivity contribution in [3.63, 3.8) is 0 Å². The number of rotatable bonds is 3. The van der Waals surface area contributed by atoms with Crippen molar-refractivity contribution in [3.8, 4) is 0 Å². The Balaban J connectivity index is 1.96. The van der Waals surface area contributed by atoms with Gasteiger partial charge in [0, 0.05) is 0 Å². The predicted octanol–water partition coefficient (Wildman–Crippen LogP) is 2.22. The molecule has 0 N–H and O–H groups in total. The number of benzene rings is 1. The molecule has 1 aromatic carbocycles. The van der Waals surface area contributed by atoms with Crippen molar-refractivity contribution < 1.29 is 4.79 Å². The third-order valence-corrected chi connectivity index (χ3v) is 4.81. The molecule has 4 nitrogen and oxygen atoms in total. The second-order valence-electron chi connectivity index (χ2n) is 5.32. The van der Waals surface area contributed by atoms with Crippen molar-refractivity contribution in [1.82, 2.24) is 9.88 Å². The van der Waals surface area contributed by atoms with Crippen molar-refractivity contribution in [2.45, 2.75) is 13.3 Å². The summed E-state index contributed by atoms with van der Waals surface area (Å²) < 4.78 is 0.773. The van der Waals surface area contributed by atoms with Gasteiger partial charge in [0.1, 0.15) is 0 Å². The summed E-state index contributed by atoms with van der Waals surface area (Å²) in [6.45, 7) is 2.11. The van der Waals surface area contributed by atoms with E-state index >= 15 is 0 Å². The van der Waals surface area contributed by atoms with Crippen LogP contribution >= 0.6 is 0 Å². The molecule has 0 spiro atoms. The van der Waals surface area contributed by atoms with Crippen LogP contribution in [-0.4, -0.2) is 43.1 Å². The van der Waals surface area contributed by atoms with Crippen molar-refractivity contribution in [3.05, 3.63) is 65.6 Å². The van der Waals surface area contributed by atoms with E-state index in [0.29, 0.717) is 5.70 Å². The minimum absolute atomic E-state index is 0.0469. The average Bonchev–Trinajstić information content (AvgIpc) is 2.80. The maximum absolute atomic E-state index is 12.8. The first-order valence-corrected chi connectivity index (χ1v) is 8.30. The number of likely N-dealkylation sites (N-methyl/N-ethyl adjacent to an activating group) is 1. The topological polar surface area (TPSA) is 36.4 Å². The van der Waals surface area contributed by atoms with Crippen LogP contribution in [0.2, 0.25) is 0 Å². The molecule has 0 radical (unpaired) electrons. The fourth-order valence-electron chi connectivity index (χ4n) is 2.48. The summed E-state index contributed by atoms with van der Waals surface area (Å²) in [6.07, 6.45) is 6.29. The maximum atomic E-state index is 12.8. The molecular weight excluding hydrogens is 353 g/mol. The Hall–Kier alpha value is -2.23. The zero-order valence-electron chi connectivity index (χ0n) is 13.1. The molecule has 3 rings (SSSR count). The van der Waals surface area contributed by atoms with Crippen molar-refractivity contribution in [2.75, 3.05) is 11.9 Å². The van der Waals surface area contributed by atoms with E-state index in [0.717, 1.165) is 22.3 Å². The van der Waals surface area contributed by atoms with Crippen LogP contribution < -0.4 is 4.90 Å². The minimum atomic E-state index is -0.0469. The molecule has 0 atom stereocenters. The van der Waals surface area contributed by atoms with E-state index in [9.17, 15) is 4.79 Å². The number of pyridine rings is 1. The summed E-state index contributed by atoms with van der Waals surface area (Å²) >= 11 is 3.00. The Morgan fingerprint density at radius 1 is 1.22 bits per heavy atom. The van der Waals surface area contributed by atoms with Gasteiger partial charge >= 0.3 is 143 Å². The van der Waals surface area contributed by atoms with Gasteiger partial charge in [0.2, 0.25) is 0 Å². The van der Waals surface area contributed by atoms with E-state index in [-0.39, 0.29) is 5.91 Å². The molecule has 1 aliphatic rings. The van der Waals surface area contributed by atoms with Gasteiger partial charge in [-0.2, -0.15) is 0 Å². The number of carbonyl (C=O) groups excluding carboxylic acids is 1. The van der Waals surface area contributed by atoms with E-state index in [1.807, 2.05) is 42.3 Å².